The Morgan fingerprint density at radius 1 is 1.35 bits per heavy atom. The van der Waals surface area contributed by atoms with Crippen molar-refractivity contribution in [3.63, 3.8) is 0 Å². The summed E-state index contributed by atoms with van der Waals surface area (Å²) in [5.41, 5.74) is 5.80. The molecule has 110 valence electrons. The molecule has 1 saturated carbocycles. The van der Waals surface area contributed by atoms with Crippen molar-refractivity contribution < 1.29 is 9.90 Å². The average Bonchev–Trinajstić information content (AvgIpc) is 2.34. The van der Waals surface area contributed by atoms with Gasteiger partial charge in [0.25, 0.3) is 0 Å². The number of nitrogens with two attached hydrogens (primary N) is 1. The minimum absolute atomic E-state index is 0.0203. The molecular weight excluding hydrogens is 274 g/mol. The highest BCUT2D eigenvalue weighted by atomic mass is 35.5. The summed E-state index contributed by atoms with van der Waals surface area (Å²) in [7, 11) is 0. The highest BCUT2D eigenvalue weighted by Gasteiger charge is 2.49. The molecule has 1 aliphatic rings. The lowest BCUT2D eigenvalue weighted by atomic mass is 9.63. The molecule has 0 bridgehead atoms. The van der Waals surface area contributed by atoms with Gasteiger partial charge < -0.3 is 10.8 Å². The van der Waals surface area contributed by atoms with Gasteiger partial charge in [0.1, 0.15) is 11.6 Å². The summed E-state index contributed by atoms with van der Waals surface area (Å²) in [6, 6.07) is 7.13. The van der Waals surface area contributed by atoms with Crippen LogP contribution < -0.4 is 5.73 Å². The number of carbonyl (C=O) groups excluding carboxylic acids is 1. The number of hydrogen-bond acceptors (Lipinski definition) is 3. The lowest BCUT2D eigenvalue weighted by Crippen LogP contribution is -2.56. The minimum atomic E-state index is -1.20. The van der Waals surface area contributed by atoms with Gasteiger partial charge in [0, 0.05) is 5.02 Å². The molecule has 0 saturated heterocycles. The van der Waals surface area contributed by atoms with E-state index in [1.165, 1.54) is 0 Å². The second kappa shape index (κ2) is 5.14. The van der Waals surface area contributed by atoms with Gasteiger partial charge in [-0.15, -0.1) is 0 Å². The molecule has 1 aromatic carbocycles. The number of benzene rings is 1. The third-order valence-electron chi connectivity index (χ3n) is 4.40. The molecule has 3 atom stereocenters. The van der Waals surface area contributed by atoms with Gasteiger partial charge >= 0.3 is 0 Å². The van der Waals surface area contributed by atoms with Gasteiger partial charge in [-0.2, -0.15) is 0 Å². The predicted molar refractivity (Wildman–Crippen MR) is 80.5 cm³/mol. The number of ketones is 1. The Morgan fingerprint density at radius 2 is 1.95 bits per heavy atom. The first-order chi connectivity index (χ1) is 9.16. The van der Waals surface area contributed by atoms with Crippen LogP contribution in [0.3, 0.4) is 0 Å². The van der Waals surface area contributed by atoms with Crippen molar-refractivity contribution in [2.75, 3.05) is 0 Å². The van der Waals surface area contributed by atoms with E-state index in [0.717, 1.165) is 0 Å². The maximum atomic E-state index is 12.4. The Hall–Kier alpha value is -0.900. The van der Waals surface area contributed by atoms with Crippen LogP contribution in [0.15, 0.2) is 24.3 Å². The van der Waals surface area contributed by atoms with Crippen molar-refractivity contribution in [3.8, 4) is 0 Å². The number of aliphatic hydroxyl groups is 1. The maximum absolute atomic E-state index is 12.4. The predicted octanol–water partition coefficient (Wildman–Crippen LogP) is 2.88. The maximum Gasteiger partial charge on any atom is 0.185 e. The topological polar surface area (TPSA) is 63.3 Å². The van der Waals surface area contributed by atoms with Gasteiger partial charge in [-0.25, -0.2) is 0 Å². The molecule has 0 spiro atoms. The van der Waals surface area contributed by atoms with Crippen LogP contribution >= 0.6 is 11.6 Å². The van der Waals surface area contributed by atoms with Crippen molar-refractivity contribution in [1.82, 2.24) is 0 Å². The second-order valence-electron chi connectivity index (χ2n) is 6.83. The molecule has 20 heavy (non-hydrogen) atoms. The first-order valence-corrected chi connectivity index (χ1v) is 7.30. The average molecular weight is 296 g/mol. The Morgan fingerprint density at radius 3 is 2.50 bits per heavy atom. The summed E-state index contributed by atoms with van der Waals surface area (Å²) in [5.74, 6) is -0.164. The summed E-state index contributed by atoms with van der Waals surface area (Å²) in [6.07, 6.45) is -0.0451. The van der Waals surface area contributed by atoms with E-state index in [0.29, 0.717) is 23.4 Å². The van der Waals surface area contributed by atoms with Gasteiger partial charge in [0.05, 0.1) is 0 Å². The van der Waals surface area contributed by atoms with E-state index in [-0.39, 0.29) is 17.1 Å². The van der Waals surface area contributed by atoms with E-state index in [1.54, 1.807) is 18.2 Å². The third-order valence-corrected chi connectivity index (χ3v) is 4.73. The molecule has 0 aliphatic heterocycles. The van der Waals surface area contributed by atoms with Gasteiger partial charge in [-0.1, -0.05) is 50.6 Å². The number of Topliss-reactive ketones (excluding diaryl/α,β-unsaturated/α-hetero) is 1. The Bertz CT molecular complexity index is 523. The lowest BCUT2D eigenvalue weighted by molar-refractivity contribution is -0.140. The summed E-state index contributed by atoms with van der Waals surface area (Å²) in [4.78, 5) is 12.4. The highest BCUT2D eigenvalue weighted by molar-refractivity contribution is 6.31. The summed E-state index contributed by atoms with van der Waals surface area (Å²) in [6.45, 7) is 6.31. The quantitative estimate of drug-likeness (QED) is 0.837. The van der Waals surface area contributed by atoms with Gasteiger partial charge in [0.2, 0.25) is 0 Å². The summed E-state index contributed by atoms with van der Waals surface area (Å²) >= 11 is 6.21. The molecule has 4 heteroatoms. The van der Waals surface area contributed by atoms with Crippen LogP contribution in [0.5, 0.6) is 0 Å². The fourth-order valence-corrected chi connectivity index (χ4v) is 3.28. The van der Waals surface area contributed by atoms with E-state index in [9.17, 15) is 9.90 Å². The zero-order valence-corrected chi connectivity index (χ0v) is 12.9. The molecule has 1 aromatic rings. The standard InChI is InChI=1S/C16H22ClNO2/c1-15(2,3)10-8-13(19)14(20)16(18,9-10)11-6-4-5-7-12(11)17/h4-7,10,13,19H,8-9,18H2,1-3H3/t10-,13+,16+/m0/s1. The van der Waals surface area contributed by atoms with E-state index >= 15 is 0 Å². The smallest absolute Gasteiger partial charge is 0.185 e. The van der Waals surface area contributed by atoms with E-state index < -0.39 is 11.6 Å². The molecule has 3 N–H and O–H groups in total. The molecule has 2 rings (SSSR count). The number of halogens is 1. The van der Waals surface area contributed by atoms with Crippen LogP contribution in [0, 0.1) is 11.3 Å². The normalized spacial score (nSPS) is 31.4. The van der Waals surface area contributed by atoms with Crippen molar-refractivity contribution in [2.24, 2.45) is 17.1 Å². The largest absolute Gasteiger partial charge is 0.385 e. The molecule has 0 aromatic heterocycles. The molecule has 0 unspecified atom stereocenters. The van der Waals surface area contributed by atoms with Crippen LogP contribution in [-0.2, 0) is 10.3 Å². The van der Waals surface area contributed by atoms with E-state index in [1.807, 2.05) is 6.07 Å². The molecule has 1 aliphatic carbocycles. The number of aliphatic hydroxyl groups excluding tert-OH is 1. The Balaban J connectivity index is 2.47. The van der Waals surface area contributed by atoms with Crippen molar-refractivity contribution in [2.45, 2.75) is 45.3 Å². The van der Waals surface area contributed by atoms with Gasteiger partial charge in [-0.3, -0.25) is 4.79 Å². The molecule has 0 radical (unpaired) electrons. The Kier molecular flexibility index (Phi) is 3.98. The Labute approximate surface area is 125 Å². The van der Waals surface area contributed by atoms with Crippen molar-refractivity contribution >= 4 is 17.4 Å². The minimum Gasteiger partial charge on any atom is -0.385 e. The molecule has 0 heterocycles. The summed E-state index contributed by atoms with van der Waals surface area (Å²) in [5, 5.41) is 10.6. The van der Waals surface area contributed by atoms with Crippen LogP contribution in [0.4, 0.5) is 0 Å². The van der Waals surface area contributed by atoms with Gasteiger partial charge in [0.15, 0.2) is 5.78 Å². The first kappa shape index (κ1) is 15.5. The van der Waals surface area contributed by atoms with Crippen LogP contribution in [-0.4, -0.2) is 17.0 Å². The number of carbonyl (C=O) groups is 1. The molecule has 3 nitrogen and oxygen atoms in total. The van der Waals surface area contributed by atoms with Gasteiger partial charge in [-0.05, 0) is 35.8 Å². The molecule has 0 amide bonds. The third kappa shape index (κ3) is 2.62. The fourth-order valence-electron chi connectivity index (χ4n) is 2.97. The van der Waals surface area contributed by atoms with Crippen molar-refractivity contribution in [1.29, 1.82) is 0 Å². The van der Waals surface area contributed by atoms with E-state index in [2.05, 4.69) is 20.8 Å². The SMILES string of the molecule is CC(C)(C)[C@H]1C[C@@H](O)C(=O)[C@](N)(c2ccccc2Cl)C1. The second-order valence-corrected chi connectivity index (χ2v) is 7.24. The first-order valence-electron chi connectivity index (χ1n) is 6.92. The fraction of sp³-hybridized carbons (Fsp3) is 0.562. The lowest BCUT2D eigenvalue weighted by Gasteiger charge is -2.44. The van der Waals surface area contributed by atoms with E-state index in [4.69, 9.17) is 17.3 Å². The molecular formula is C16H22ClNO2. The number of rotatable bonds is 1. The highest BCUT2D eigenvalue weighted by Crippen LogP contribution is 2.44. The van der Waals surface area contributed by atoms with Crippen LogP contribution in [0.2, 0.25) is 5.02 Å². The van der Waals surface area contributed by atoms with Crippen LogP contribution in [0.1, 0.15) is 39.2 Å². The van der Waals surface area contributed by atoms with Crippen LogP contribution in [0.25, 0.3) is 0 Å². The molecule has 1 fully saturated rings. The zero-order chi connectivity index (χ0) is 15.1. The van der Waals surface area contributed by atoms with Crippen molar-refractivity contribution in [3.05, 3.63) is 34.9 Å². The number of hydrogen-bond donors (Lipinski definition) is 2. The monoisotopic (exact) mass is 295 g/mol. The zero-order valence-electron chi connectivity index (χ0n) is 12.2. The summed E-state index contributed by atoms with van der Waals surface area (Å²) < 4.78 is 0.